The van der Waals surface area contributed by atoms with Crippen molar-refractivity contribution in [1.82, 2.24) is 0 Å². The molecule has 0 saturated heterocycles. The molecule has 4 nitrogen and oxygen atoms in total. The van der Waals surface area contributed by atoms with Crippen molar-refractivity contribution >= 4 is 10.0 Å². The van der Waals surface area contributed by atoms with Crippen molar-refractivity contribution in [1.29, 1.82) is 0 Å². The van der Waals surface area contributed by atoms with E-state index in [1.807, 2.05) is 0 Å². The standard InChI is InChI=1S/C10H13F2NO3S/c11-8-4-3-5-9(12)10(8)16-6-1-2-7-17(13,14)15/h3-5H,1-2,6-7H2,(H2,13,14,15). The Balaban J connectivity index is 2.37. The van der Waals surface area contributed by atoms with E-state index in [4.69, 9.17) is 9.88 Å². The summed E-state index contributed by atoms with van der Waals surface area (Å²) >= 11 is 0. The molecule has 0 aliphatic carbocycles. The van der Waals surface area contributed by atoms with Crippen molar-refractivity contribution in [2.24, 2.45) is 5.14 Å². The van der Waals surface area contributed by atoms with E-state index in [0.29, 0.717) is 6.42 Å². The Labute approximate surface area is 98.4 Å². The lowest BCUT2D eigenvalue weighted by molar-refractivity contribution is 0.279. The van der Waals surface area contributed by atoms with Crippen LogP contribution in [0.2, 0.25) is 0 Å². The average molecular weight is 265 g/mol. The molecule has 0 bridgehead atoms. The van der Waals surface area contributed by atoms with Crippen molar-refractivity contribution in [3.05, 3.63) is 29.8 Å². The molecule has 0 fully saturated rings. The second-order valence-electron chi connectivity index (χ2n) is 3.47. The van der Waals surface area contributed by atoms with Crippen molar-refractivity contribution in [3.63, 3.8) is 0 Å². The smallest absolute Gasteiger partial charge is 0.209 e. The molecular formula is C10H13F2NO3S. The van der Waals surface area contributed by atoms with Crippen LogP contribution in [-0.2, 0) is 10.0 Å². The molecule has 7 heteroatoms. The van der Waals surface area contributed by atoms with E-state index in [1.54, 1.807) is 0 Å². The number of hydrogen-bond acceptors (Lipinski definition) is 3. The van der Waals surface area contributed by atoms with Gasteiger partial charge in [0.05, 0.1) is 12.4 Å². The van der Waals surface area contributed by atoms with Crippen LogP contribution in [-0.4, -0.2) is 20.8 Å². The molecule has 0 unspecified atom stereocenters. The molecule has 0 aromatic heterocycles. The van der Waals surface area contributed by atoms with Gasteiger partial charge in [-0.05, 0) is 25.0 Å². The van der Waals surface area contributed by atoms with Gasteiger partial charge in [-0.25, -0.2) is 22.3 Å². The van der Waals surface area contributed by atoms with Crippen LogP contribution in [0.3, 0.4) is 0 Å². The lowest BCUT2D eigenvalue weighted by atomic mass is 10.3. The lowest BCUT2D eigenvalue weighted by Gasteiger charge is -2.07. The normalized spacial score (nSPS) is 11.5. The monoisotopic (exact) mass is 265 g/mol. The Morgan fingerprint density at radius 2 is 1.76 bits per heavy atom. The van der Waals surface area contributed by atoms with Gasteiger partial charge in [0, 0.05) is 0 Å². The molecule has 0 radical (unpaired) electrons. The zero-order valence-corrected chi connectivity index (χ0v) is 9.84. The molecule has 96 valence electrons. The van der Waals surface area contributed by atoms with Gasteiger partial charge >= 0.3 is 0 Å². The number of sulfonamides is 1. The number of halogens is 2. The summed E-state index contributed by atoms with van der Waals surface area (Å²) in [5.74, 6) is -2.17. The number of para-hydroxylation sites is 1. The highest BCUT2D eigenvalue weighted by Gasteiger charge is 2.09. The number of benzene rings is 1. The van der Waals surface area contributed by atoms with E-state index in [9.17, 15) is 17.2 Å². The van der Waals surface area contributed by atoms with E-state index in [2.05, 4.69) is 0 Å². The van der Waals surface area contributed by atoms with Crippen molar-refractivity contribution in [2.45, 2.75) is 12.8 Å². The van der Waals surface area contributed by atoms with Crippen LogP contribution in [0.25, 0.3) is 0 Å². The number of ether oxygens (including phenoxy) is 1. The maximum atomic E-state index is 13.1. The van der Waals surface area contributed by atoms with Gasteiger partial charge in [0.25, 0.3) is 0 Å². The average Bonchev–Trinajstić information content (AvgIpc) is 2.20. The Morgan fingerprint density at radius 1 is 1.18 bits per heavy atom. The maximum absolute atomic E-state index is 13.1. The van der Waals surface area contributed by atoms with Crippen LogP contribution in [0.15, 0.2) is 18.2 Å². The fourth-order valence-corrected chi connectivity index (χ4v) is 1.81. The first-order valence-electron chi connectivity index (χ1n) is 4.97. The summed E-state index contributed by atoms with van der Waals surface area (Å²) in [6, 6.07) is 3.41. The second kappa shape index (κ2) is 5.92. The fourth-order valence-electron chi connectivity index (χ4n) is 1.20. The molecule has 0 spiro atoms. The third-order valence-corrected chi connectivity index (χ3v) is 2.85. The molecular weight excluding hydrogens is 252 g/mol. The fraction of sp³-hybridized carbons (Fsp3) is 0.400. The van der Waals surface area contributed by atoms with Crippen LogP contribution >= 0.6 is 0 Å². The highest BCUT2D eigenvalue weighted by molar-refractivity contribution is 7.89. The Morgan fingerprint density at radius 3 is 2.29 bits per heavy atom. The van der Waals surface area contributed by atoms with Crippen molar-refractivity contribution in [2.75, 3.05) is 12.4 Å². The van der Waals surface area contributed by atoms with E-state index >= 15 is 0 Å². The molecule has 0 aliphatic heterocycles. The van der Waals surface area contributed by atoms with Crippen LogP contribution < -0.4 is 9.88 Å². The Bertz CT molecular complexity index is 456. The first kappa shape index (κ1) is 13.9. The predicted molar refractivity (Wildman–Crippen MR) is 59.1 cm³/mol. The van der Waals surface area contributed by atoms with Gasteiger partial charge in [0.1, 0.15) is 0 Å². The number of hydrogen-bond donors (Lipinski definition) is 1. The molecule has 0 atom stereocenters. The van der Waals surface area contributed by atoms with Crippen molar-refractivity contribution < 1.29 is 21.9 Å². The molecule has 1 aromatic rings. The third kappa shape index (κ3) is 5.10. The maximum Gasteiger partial charge on any atom is 0.209 e. The highest BCUT2D eigenvalue weighted by Crippen LogP contribution is 2.20. The summed E-state index contributed by atoms with van der Waals surface area (Å²) in [4.78, 5) is 0. The van der Waals surface area contributed by atoms with Crippen LogP contribution in [0.1, 0.15) is 12.8 Å². The zero-order valence-electron chi connectivity index (χ0n) is 9.03. The van der Waals surface area contributed by atoms with Crippen LogP contribution in [0, 0.1) is 11.6 Å². The molecule has 2 N–H and O–H groups in total. The number of rotatable bonds is 6. The van der Waals surface area contributed by atoms with E-state index in [1.165, 1.54) is 6.07 Å². The van der Waals surface area contributed by atoms with Crippen molar-refractivity contribution in [3.8, 4) is 5.75 Å². The highest BCUT2D eigenvalue weighted by atomic mass is 32.2. The minimum absolute atomic E-state index is 0.0351. The summed E-state index contributed by atoms with van der Waals surface area (Å²) in [5, 5.41) is 4.79. The summed E-state index contributed by atoms with van der Waals surface area (Å²) in [6.07, 6.45) is 0.638. The quantitative estimate of drug-likeness (QED) is 0.791. The molecule has 1 rings (SSSR count). The molecule has 0 amide bonds. The lowest BCUT2D eigenvalue weighted by Crippen LogP contribution is -2.17. The third-order valence-electron chi connectivity index (χ3n) is 1.99. The number of unbranched alkanes of at least 4 members (excludes halogenated alkanes) is 1. The molecule has 1 aromatic carbocycles. The minimum atomic E-state index is -3.49. The molecule has 0 aliphatic rings. The summed E-state index contributed by atoms with van der Waals surface area (Å²) in [5.41, 5.74) is 0. The van der Waals surface area contributed by atoms with Crippen LogP contribution in [0.4, 0.5) is 8.78 Å². The Kier molecular flexibility index (Phi) is 4.83. The van der Waals surface area contributed by atoms with Gasteiger partial charge in [0.15, 0.2) is 17.4 Å². The van der Waals surface area contributed by atoms with E-state index < -0.39 is 27.4 Å². The van der Waals surface area contributed by atoms with Gasteiger partial charge in [-0.15, -0.1) is 0 Å². The SMILES string of the molecule is NS(=O)(=O)CCCCOc1c(F)cccc1F. The topological polar surface area (TPSA) is 69.4 Å². The summed E-state index contributed by atoms with van der Waals surface area (Å²) in [6.45, 7) is 0.0351. The molecule has 17 heavy (non-hydrogen) atoms. The van der Waals surface area contributed by atoms with Gasteiger partial charge < -0.3 is 4.74 Å². The number of nitrogens with two attached hydrogens (primary N) is 1. The van der Waals surface area contributed by atoms with Gasteiger partial charge in [-0.2, -0.15) is 0 Å². The zero-order chi connectivity index (χ0) is 12.9. The van der Waals surface area contributed by atoms with E-state index in [0.717, 1.165) is 12.1 Å². The van der Waals surface area contributed by atoms with Gasteiger partial charge in [-0.1, -0.05) is 6.07 Å². The first-order chi connectivity index (χ1) is 7.90. The molecule has 0 saturated carbocycles. The summed E-state index contributed by atoms with van der Waals surface area (Å²) < 4.78 is 52.2. The largest absolute Gasteiger partial charge is 0.488 e. The van der Waals surface area contributed by atoms with E-state index in [-0.39, 0.29) is 18.8 Å². The van der Waals surface area contributed by atoms with Gasteiger partial charge in [0.2, 0.25) is 10.0 Å². The first-order valence-corrected chi connectivity index (χ1v) is 6.69. The predicted octanol–water partition coefficient (Wildman–Crippen LogP) is 1.41. The second-order valence-corrected chi connectivity index (χ2v) is 5.21. The van der Waals surface area contributed by atoms with Gasteiger partial charge in [-0.3, -0.25) is 0 Å². The van der Waals surface area contributed by atoms with Crippen LogP contribution in [0.5, 0.6) is 5.75 Å². The summed E-state index contributed by atoms with van der Waals surface area (Å²) in [7, 11) is -3.49. The Hall–Kier alpha value is -1.21. The minimum Gasteiger partial charge on any atom is -0.488 e. The molecule has 0 heterocycles. The number of primary sulfonamides is 1.